The van der Waals surface area contributed by atoms with Crippen molar-refractivity contribution in [3.63, 3.8) is 0 Å². The van der Waals surface area contributed by atoms with Crippen LogP contribution in [0.4, 0.5) is 11.4 Å². The molecule has 5 heteroatoms. The lowest BCUT2D eigenvalue weighted by atomic mass is 10.2. The molecule has 0 heterocycles. The number of methoxy groups -OCH3 is 1. The van der Waals surface area contributed by atoms with Gasteiger partial charge in [-0.3, -0.25) is 4.79 Å². The van der Waals surface area contributed by atoms with Crippen molar-refractivity contribution in [2.45, 2.75) is 13.0 Å². The molecule has 27 heavy (non-hydrogen) atoms. The predicted octanol–water partition coefficient (Wildman–Crippen LogP) is 4.93. The molecule has 3 rings (SSSR count). The lowest BCUT2D eigenvalue weighted by Gasteiger charge is -2.17. The topological polar surface area (TPSA) is 59.6 Å². The lowest BCUT2D eigenvalue weighted by molar-refractivity contribution is -0.116. The van der Waals surface area contributed by atoms with Crippen molar-refractivity contribution in [3.8, 4) is 17.2 Å². The third-order valence-electron chi connectivity index (χ3n) is 3.97. The van der Waals surface area contributed by atoms with Crippen LogP contribution in [-0.2, 0) is 4.79 Å². The van der Waals surface area contributed by atoms with E-state index >= 15 is 0 Å². The zero-order valence-electron chi connectivity index (χ0n) is 15.3. The van der Waals surface area contributed by atoms with Gasteiger partial charge in [-0.1, -0.05) is 30.3 Å². The van der Waals surface area contributed by atoms with Crippen LogP contribution in [0.25, 0.3) is 0 Å². The van der Waals surface area contributed by atoms with E-state index in [2.05, 4.69) is 10.6 Å². The summed E-state index contributed by atoms with van der Waals surface area (Å²) in [6.45, 7) is 1.80. The average molecular weight is 362 g/mol. The van der Waals surface area contributed by atoms with E-state index in [1.807, 2.05) is 66.7 Å². The fourth-order valence-corrected chi connectivity index (χ4v) is 2.55. The second-order valence-corrected chi connectivity index (χ2v) is 6.00. The monoisotopic (exact) mass is 362 g/mol. The van der Waals surface area contributed by atoms with E-state index in [0.29, 0.717) is 11.4 Å². The average Bonchev–Trinajstić information content (AvgIpc) is 2.70. The van der Waals surface area contributed by atoms with Gasteiger partial charge in [0.05, 0.1) is 12.8 Å². The number of carbonyl (C=O) groups excluding carboxylic acids is 1. The Hall–Kier alpha value is -3.47. The fourth-order valence-electron chi connectivity index (χ4n) is 2.55. The Balaban J connectivity index is 1.58. The Morgan fingerprint density at radius 2 is 1.48 bits per heavy atom. The largest absolute Gasteiger partial charge is 0.495 e. The van der Waals surface area contributed by atoms with Crippen LogP contribution in [0.15, 0.2) is 78.9 Å². The molecule has 1 amide bonds. The van der Waals surface area contributed by atoms with Gasteiger partial charge in [0, 0.05) is 5.69 Å². The highest BCUT2D eigenvalue weighted by Crippen LogP contribution is 2.24. The summed E-state index contributed by atoms with van der Waals surface area (Å²) < 4.78 is 11.0. The maximum atomic E-state index is 12.4. The van der Waals surface area contributed by atoms with E-state index in [0.717, 1.165) is 17.2 Å². The Labute approximate surface area is 158 Å². The highest BCUT2D eigenvalue weighted by Gasteiger charge is 2.14. The van der Waals surface area contributed by atoms with E-state index in [1.54, 1.807) is 26.2 Å². The Morgan fingerprint density at radius 3 is 2.19 bits per heavy atom. The molecule has 0 spiro atoms. The zero-order valence-corrected chi connectivity index (χ0v) is 15.3. The normalized spacial score (nSPS) is 11.3. The summed E-state index contributed by atoms with van der Waals surface area (Å²) in [6, 6.07) is 24.0. The van der Waals surface area contributed by atoms with Gasteiger partial charge < -0.3 is 20.1 Å². The van der Waals surface area contributed by atoms with Gasteiger partial charge in [-0.15, -0.1) is 0 Å². The summed E-state index contributed by atoms with van der Waals surface area (Å²) in [5, 5.41) is 6.06. The third kappa shape index (κ3) is 5.01. The van der Waals surface area contributed by atoms with E-state index in [9.17, 15) is 4.79 Å². The number of hydrogen-bond acceptors (Lipinski definition) is 4. The smallest absolute Gasteiger partial charge is 0.246 e. The Morgan fingerprint density at radius 1 is 0.852 bits per heavy atom. The summed E-state index contributed by atoms with van der Waals surface area (Å²) in [5.41, 5.74) is 1.48. The lowest BCUT2D eigenvalue weighted by Crippen LogP contribution is -2.31. The summed E-state index contributed by atoms with van der Waals surface area (Å²) in [5.74, 6) is 1.99. The fraction of sp³-hybridized carbons (Fsp3) is 0.136. The summed E-state index contributed by atoms with van der Waals surface area (Å²) in [4.78, 5) is 12.4. The van der Waals surface area contributed by atoms with Crippen molar-refractivity contribution >= 4 is 17.3 Å². The van der Waals surface area contributed by atoms with Crippen LogP contribution in [-0.4, -0.2) is 19.1 Å². The minimum absolute atomic E-state index is 0.149. The molecule has 0 aromatic heterocycles. The first-order valence-corrected chi connectivity index (χ1v) is 8.69. The molecular weight excluding hydrogens is 340 g/mol. The van der Waals surface area contributed by atoms with E-state index in [1.165, 1.54) is 0 Å². The van der Waals surface area contributed by atoms with Crippen LogP contribution >= 0.6 is 0 Å². The van der Waals surface area contributed by atoms with Crippen LogP contribution in [0.1, 0.15) is 6.92 Å². The summed E-state index contributed by atoms with van der Waals surface area (Å²) in [6.07, 6.45) is 0. The molecule has 138 valence electrons. The van der Waals surface area contributed by atoms with Gasteiger partial charge in [0.2, 0.25) is 5.91 Å². The van der Waals surface area contributed by atoms with Gasteiger partial charge >= 0.3 is 0 Å². The maximum Gasteiger partial charge on any atom is 0.246 e. The molecule has 3 aromatic carbocycles. The number of anilines is 2. The number of nitrogens with one attached hydrogen (secondary N) is 2. The van der Waals surface area contributed by atoms with Crippen molar-refractivity contribution in [2.75, 3.05) is 17.7 Å². The molecule has 0 aliphatic heterocycles. The quantitative estimate of drug-likeness (QED) is 0.626. The second-order valence-electron chi connectivity index (χ2n) is 6.00. The van der Waals surface area contributed by atoms with Crippen molar-refractivity contribution in [1.82, 2.24) is 0 Å². The third-order valence-corrected chi connectivity index (χ3v) is 3.97. The van der Waals surface area contributed by atoms with Crippen molar-refractivity contribution in [2.24, 2.45) is 0 Å². The number of rotatable bonds is 7. The zero-order chi connectivity index (χ0) is 19.1. The van der Waals surface area contributed by atoms with Gasteiger partial charge in [0.25, 0.3) is 0 Å². The predicted molar refractivity (Wildman–Crippen MR) is 108 cm³/mol. The van der Waals surface area contributed by atoms with Crippen LogP contribution in [0, 0.1) is 0 Å². The van der Waals surface area contributed by atoms with Crippen LogP contribution in [0.2, 0.25) is 0 Å². The maximum absolute atomic E-state index is 12.4. The molecule has 0 saturated heterocycles. The molecule has 3 aromatic rings. The van der Waals surface area contributed by atoms with E-state index in [4.69, 9.17) is 9.47 Å². The van der Waals surface area contributed by atoms with Crippen LogP contribution in [0.3, 0.4) is 0 Å². The Kier molecular flexibility index (Phi) is 5.94. The minimum atomic E-state index is -0.421. The van der Waals surface area contributed by atoms with Crippen molar-refractivity contribution in [3.05, 3.63) is 78.9 Å². The molecule has 0 saturated carbocycles. The number of ether oxygens (including phenoxy) is 2. The highest BCUT2D eigenvalue weighted by atomic mass is 16.5. The highest BCUT2D eigenvalue weighted by molar-refractivity contribution is 5.97. The summed E-state index contributed by atoms with van der Waals surface area (Å²) in [7, 11) is 1.58. The number of para-hydroxylation sites is 3. The van der Waals surface area contributed by atoms with Gasteiger partial charge in [0.1, 0.15) is 23.3 Å². The molecule has 0 radical (unpaired) electrons. The number of amides is 1. The SMILES string of the molecule is COc1ccccc1NC(=O)[C@@H](C)Nc1ccc(Oc2ccccc2)cc1. The van der Waals surface area contributed by atoms with Crippen LogP contribution in [0.5, 0.6) is 17.2 Å². The van der Waals surface area contributed by atoms with Gasteiger partial charge in [-0.25, -0.2) is 0 Å². The van der Waals surface area contributed by atoms with E-state index in [-0.39, 0.29) is 5.91 Å². The van der Waals surface area contributed by atoms with Gasteiger partial charge in [0.15, 0.2) is 0 Å². The molecule has 0 aliphatic carbocycles. The number of carbonyl (C=O) groups is 1. The van der Waals surface area contributed by atoms with Gasteiger partial charge in [-0.05, 0) is 55.5 Å². The van der Waals surface area contributed by atoms with Gasteiger partial charge in [-0.2, -0.15) is 0 Å². The van der Waals surface area contributed by atoms with E-state index < -0.39 is 6.04 Å². The molecule has 5 nitrogen and oxygen atoms in total. The number of hydrogen-bond donors (Lipinski definition) is 2. The second kappa shape index (κ2) is 8.76. The standard InChI is InChI=1S/C22H22N2O3/c1-16(22(25)24-20-10-6-7-11-21(20)26-2)23-17-12-14-19(15-13-17)27-18-8-4-3-5-9-18/h3-16,23H,1-2H3,(H,24,25)/t16-/m1/s1. The first-order valence-electron chi connectivity index (χ1n) is 8.69. The molecule has 0 aliphatic rings. The molecule has 0 fully saturated rings. The van der Waals surface area contributed by atoms with Crippen LogP contribution < -0.4 is 20.1 Å². The molecule has 0 unspecified atom stereocenters. The molecule has 0 bridgehead atoms. The molecule has 1 atom stereocenters. The van der Waals surface area contributed by atoms with Crippen molar-refractivity contribution < 1.29 is 14.3 Å². The molecule has 2 N–H and O–H groups in total. The first kappa shape index (κ1) is 18.3. The Bertz CT molecular complexity index is 880. The molecular formula is C22H22N2O3. The first-order chi connectivity index (χ1) is 13.2. The van der Waals surface area contributed by atoms with Crippen molar-refractivity contribution in [1.29, 1.82) is 0 Å². The minimum Gasteiger partial charge on any atom is -0.495 e. The summed E-state index contributed by atoms with van der Waals surface area (Å²) >= 11 is 0. The number of benzene rings is 3.